The summed E-state index contributed by atoms with van der Waals surface area (Å²) in [6.07, 6.45) is 4.70. The smallest absolute Gasteiger partial charge is 0.149 e. The minimum Gasteiger partial charge on any atom is -0.393 e. The summed E-state index contributed by atoms with van der Waals surface area (Å²) >= 11 is 0. The maximum Gasteiger partial charge on any atom is 0.149 e. The van der Waals surface area contributed by atoms with Crippen LogP contribution in [0.3, 0.4) is 0 Å². The van der Waals surface area contributed by atoms with Crippen LogP contribution in [0.25, 0.3) is 0 Å². The first-order valence-corrected chi connectivity index (χ1v) is 6.13. The molecule has 0 bridgehead atoms. The lowest BCUT2D eigenvalue weighted by molar-refractivity contribution is -0.128. The molecule has 2 aliphatic rings. The molecule has 0 aromatic carbocycles. The first-order valence-electron chi connectivity index (χ1n) is 6.13. The zero-order chi connectivity index (χ0) is 10.8. The summed E-state index contributed by atoms with van der Waals surface area (Å²) in [6.45, 7) is 3.85. The van der Waals surface area contributed by atoms with E-state index in [9.17, 15) is 9.90 Å². The highest BCUT2D eigenvalue weighted by Crippen LogP contribution is 2.25. The third-order valence-electron chi connectivity index (χ3n) is 3.85. The fourth-order valence-electron chi connectivity index (χ4n) is 2.80. The molecule has 1 saturated heterocycles. The van der Waals surface area contributed by atoms with E-state index < -0.39 is 0 Å². The topological polar surface area (TPSA) is 40.5 Å². The number of aliphatic hydroxyl groups is 1. The van der Waals surface area contributed by atoms with E-state index in [0.717, 1.165) is 38.8 Å². The molecule has 0 aromatic heterocycles. The molecule has 1 N–H and O–H groups in total. The number of hydrogen-bond donors (Lipinski definition) is 1. The Hall–Kier alpha value is -0.410. The molecule has 2 rings (SSSR count). The molecule has 1 aliphatic heterocycles. The van der Waals surface area contributed by atoms with Crippen molar-refractivity contribution in [2.24, 2.45) is 5.92 Å². The predicted octanol–water partition coefficient (Wildman–Crippen LogP) is 1.20. The normalized spacial score (nSPS) is 39.3. The van der Waals surface area contributed by atoms with Gasteiger partial charge in [-0.3, -0.25) is 9.69 Å². The van der Waals surface area contributed by atoms with Gasteiger partial charge in [-0.25, -0.2) is 0 Å². The Morgan fingerprint density at radius 1 is 1.33 bits per heavy atom. The molecule has 0 aromatic rings. The number of piperidine rings is 1. The van der Waals surface area contributed by atoms with E-state index >= 15 is 0 Å². The Morgan fingerprint density at radius 2 is 2.13 bits per heavy atom. The maximum atomic E-state index is 11.8. The Balaban J connectivity index is 1.95. The van der Waals surface area contributed by atoms with Crippen LogP contribution in [0.5, 0.6) is 0 Å². The molecule has 86 valence electrons. The highest BCUT2D eigenvalue weighted by Gasteiger charge is 2.33. The number of carbonyl (C=O) groups excluding carboxylic acids is 1. The monoisotopic (exact) mass is 211 g/mol. The summed E-state index contributed by atoms with van der Waals surface area (Å²) in [5.74, 6) is 0.735. The molecule has 3 unspecified atom stereocenters. The zero-order valence-corrected chi connectivity index (χ0v) is 9.48. The standard InChI is InChI=1S/C12H21NO2/c1-9-8-13(7-6-11(9)14)10-4-2-3-5-12(10)15/h9-11,14H,2-8H2,1H3. The lowest BCUT2D eigenvalue weighted by Gasteiger charge is -2.40. The summed E-state index contributed by atoms with van der Waals surface area (Å²) in [4.78, 5) is 14.1. The van der Waals surface area contributed by atoms with E-state index in [-0.39, 0.29) is 12.1 Å². The minimum absolute atomic E-state index is 0.161. The lowest BCUT2D eigenvalue weighted by atomic mass is 9.89. The summed E-state index contributed by atoms with van der Waals surface area (Å²) in [6, 6.07) is 0.161. The molecule has 3 atom stereocenters. The highest BCUT2D eigenvalue weighted by atomic mass is 16.3. The lowest BCUT2D eigenvalue weighted by Crippen LogP contribution is -2.50. The van der Waals surface area contributed by atoms with Crippen molar-refractivity contribution in [3.8, 4) is 0 Å². The van der Waals surface area contributed by atoms with E-state index in [4.69, 9.17) is 0 Å². The van der Waals surface area contributed by atoms with Crippen LogP contribution < -0.4 is 0 Å². The fraction of sp³-hybridized carbons (Fsp3) is 0.917. The Morgan fingerprint density at radius 3 is 2.80 bits per heavy atom. The highest BCUT2D eigenvalue weighted by molar-refractivity contribution is 5.84. The molecule has 3 nitrogen and oxygen atoms in total. The average Bonchev–Trinajstić information content (AvgIpc) is 2.23. The molecule has 1 aliphatic carbocycles. The number of carbonyl (C=O) groups is 1. The van der Waals surface area contributed by atoms with Crippen LogP contribution in [0.4, 0.5) is 0 Å². The van der Waals surface area contributed by atoms with Crippen molar-refractivity contribution < 1.29 is 9.90 Å². The number of nitrogens with zero attached hydrogens (tertiary/aromatic N) is 1. The molecular weight excluding hydrogens is 190 g/mol. The Kier molecular flexibility index (Phi) is 3.42. The SMILES string of the molecule is CC1CN(C2CCCCC2=O)CCC1O. The van der Waals surface area contributed by atoms with E-state index in [1.165, 1.54) is 6.42 Å². The van der Waals surface area contributed by atoms with Gasteiger partial charge in [0.2, 0.25) is 0 Å². The van der Waals surface area contributed by atoms with Crippen LogP contribution in [-0.2, 0) is 4.79 Å². The van der Waals surface area contributed by atoms with Crippen molar-refractivity contribution >= 4 is 5.78 Å². The summed E-state index contributed by atoms with van der Waals surface area (Å²) < 4.78 is 0. The number of hydrogen-bond acceptors (Lipinski definition) is 3. The average molecular weight is 211 g/mol. The molecular formula is C12H21NO2. The van der Waals surface area contributed by atoms with Gasteiger partial charge >= 0.3 is 0 Å². The van der Waals surface area contributed by atoms with Gasteiger partial charge in [0.15, 0.2) is 0 Å². The Bertz CT molecular complexity index is 242. The van der Waals surface area contributed by atoms with Gasteiger partial charge < -0.3 is 5.11 Å². The van der Waals surface area contributed by atoms with E-state index in [1.54, 1.807) is 0 Å². The van der Waals surface area contributed by atoms with Gasteiger partial charge in [-0.1, -0.05) is 13.3 Å². The second-order valence-electron chi connectivity index (χ2n) is 5.06. The van der Waals surface area contributed by atoms with Gasteiger partial charge in [-0.2, -0.15) is 0 Å². The number of likely N-dealkylation sites (tertiary alicyclic amines) is 1. The van der Waals surface area contributed by atoms with Crippen molar-refractivity contribution in [3.63, 3.8) is 0 Å². The number of rotatable bonds is 1. The second kappa shape index (κ2) is 4.62. The maximum absolute atomic E-state index is 11.8. The van der Waals surface area contributed by atoms with Gasteiger partial charge in [-0.05, 0) is 25.2 Å². The molecule has 1 saturated carbocycles. The van der Waals surface area contributed by atoms with Gasteiger partial charge in [-0.15, -0.1) is 0 Å². The van der Waals surface area contributed by atoms with Gasteiger partial charge in [0.1, 0.15) is 5.78 Å². The molecule has 0 amide bonds. The van der Waals surface area contributed by atoms with Crippen molar-refractivity contribution in [1.29, 1.82) is 0 Å². The van der Waals surface area contributed by atoms with Crippen LogP contribution >= 0.6 is 0 Å². The Labute approximate surface area is 91.5 Å². The quantitative estimate of drug-likeness (QED) is 0.708. The number of ketones is 1. The molecule has 0 spiro atoms. The minimum atomic E-state index is -0.167. The number of Topliss-reactive ketones (excluding diaryl/α,β-unsaturated/α-hetero) is 1. The van der Waals surface area contributed by atoms with Crippen molar-refractivity contribution in [3.05, 3.63) is 0 Å². The third-order valence-corrected chi connectivity index (χ3v) is 3.85. The van der Waals surface area contributed by atoms with E-state index in [2.05, 4.69) is 11.8 Å². The predicted molar refractivity (Wildman–Crippen MR) is 58.6 cm³/mol. The van der Waals surface area contributed by atoms with Crippen LogP contribution in [-0.4, -0.2) is 41.0 Å². The zero-order valence-electron chi connectivity index (χ0n) is 9.48. The first kappa shape index (κ1) is 11.1. The molecule has 15 heavy (non-hydrogen) atoms. The first-order chi connectivity index (χ1) is 7.18. The molecule has 1 heterocycles. The van der Waals surface area contributed by atoms with Crippen LogP contribution in [0.2, 0.25) is 0 Å². The summed E-state index contributed by atoms with van der Waals surface area (Å²) in [5.41, 5.74) is 0. The molecule has 3 heteroatoms. The largest absolute Gasteiger partial charge is 0.393 e. The van der Waals surface area contributed by atoms with Gasteiger partial charge in [0, 0.05) is 19.5 Å². The van der Waals surface area contributed by atoms with Crippen molar-refractivity contribution in [2.45, 2.75) is 51.2 Å². The fourth-order valence-corrected chi connectivity index (χ4v) is 2.80. The second-order valence-corrected chi connectivity index (χ2v) is 5.06. The van der Waals surface area contributed by atoms with E-state index in [0.29, 0.717) is 11.7 Å². The van der Waals surface area contributed by atoms with E-state index in [1.807, 2.05) is 0 Å². The van der Waals surface area contributed by atoms with Gasteiger partial charge in [0.25, 0.3) is 0 Å². The number of aliphatic hydroxyl groups excluding tert-OH is 1. The summed E-state index contributed by atoms with van der Waals surface area (Å²) in [5, 5.41) is 9.65. The van der Waals surface area contributed by atoms with Crippen LogP contribution in [0.15, 0.2) is 0 Å². The van der Waals surface area contributed by atoms with Crippen molar-refractivity contribution in [2.75, 3.05) is 13.1 Å². The molecule has 0 radical (unpaired) electrons. The van der Waals surface area contributed by atoms with Crippen LogP contribution in [0.1, 0.15) is 39.0 Å². The summed E-state index contributed by atoms with van der Waals surface area (Å²) in [7, 11) is 0. The van der Waals surface area contributed by atoms with Crippen molar-refractivity contribution in [1.82, 2.24) is 4.90 Å². The molecule has 2 fully saturated rings. The third kappa shape index (κ3) is 2.40. The van der Waals surface area contributed by atoms with Gasteiger partial charge in [0.05, 0.1) is 12.1 Å². The van der Waals surface area contributed by atoms with Crippen LogP contribution in [0, 0.1) is 5.92 Å².